The second-order valence-electron chi connectivity index (χ2n) is 4.85. The normalized spacial score (nSPS) is 26.1. The van der Waals surface area contributed by atoms with Gasteiger partial charge in [-0.3, -0.25) is 4.90 Å². The molecule has 0 amide bonds. The van der Waals surface area contributed by atoms with Gasteiger partial charge in [0.25, 0.3) is 0 Å². The number of hydrogen-bond donors (Lipinski definition) is 1. The number of hydrogen-bond acceptors (Lipinski definition) is 3. The molecule has 0 spiro atoms. The predicted molar refractivity (Wildman–Crippen MR) is 70.9 cm³/mol. The molecule has 2 rings (SSSR count). The zero-order chi connectivity index (χ0) is 12.3. The first-order valence-electron chi connectivity index (χ1n) is 6.26. The summed E-state index contributed by atoms with van der Waals surface area (Å²) in [5, 5.41) is 0.612. The maximum atomic E-state index is 6.10. The third-order valence-corrected chi connectivity index (χ3v) is 4.02. The lowest BCUT2D eigenvalue weighted by molar-refractivity contribution is 0.0990. The van der Waals surface area contributed by atoms with E-state index in [0.29, 0.717) is 17.1 Å². The Labute approximate surface area is 108 Å². The van der Waals surface area contributed by atoms with Crippen molar-refractivity contribution in [2.24, 2.45) is 11.7 Å². The lowest BCUT2D eigenvalue weighted by Gasteiger charge is -2.39. The quantitative estimate of drug-likeness (QED) is 0.841. The summed E-state index contributed by atoms with van der Waals surface area (Å²) in [5.41, 5.74) is 6.98. The molecule has 0 bridgehead atoms. The van der Waals surface area contributed by atoms with Gasteiger partial charge in [-0.2, -0.15) is 0 Å². The monoisotopic (exact) mass is 253 g/mol. The van der Waals surface area contributed by atoms with E-state index in [1.807, 2.05) is 12.1 Å². The minimum absolute atomic E-state index is 0.472. The van der Waals surface area contributed by atoms with Crippen molar-refractivity contribution in [2.45, 2.75) is 32.4 Å². The summed E-state index contributed by atoms with van der Waals surface area (Å²) >= 11 is 6.10. The molecule has 2 N–H and O–H groups in total. The molecule has 1 aliphatic rings. The zero-order valence-corrected chi connectivity index (χ0v) is 11.0. The van der Waals surface area contributed by atoms with Gasteiger partial charge in [0.2, 0.25) is 0 Å². The van der Waals surface area contributed by atoms with Crippen LogP contribution in [0.1, 0.15) is 25.3 Å². The Morgan fingerprint density at radius 2 is 2.41 bits per heavy atom. The van der Waals surface area contributed by atoms with Crippen LogP contribution in [0.3, 0.4) is 0 Å². The van der Waals surface area contributed by atoms with Gasteiger partial charge in [-0.05, 0) is 31.4 Å². The van der Waals surface area contributed by atoms with Crippen molar-refractivity contribution >= 4 is 11.6 Å². The number of nitrogens with two attached hydrogens (primary N) is 1. The molecule has 0 radical (unpaired) electrons. The minimum atomic E-state index is 0.472. The van der Waals surface area contributed by atoms with Crippen molar-refractivity contribution in [1.82, 2.24) is 9.88 Å². The van der Waals surface area contributed by atoms with Crippen LogP contribution in [0, 0.1) is 5.92 Å². The number of rotatable bonds is 3. The second-order valence-corrected chi connectivity index (χ2v) is 5.20. The Kier molecular flexibility index (Phi) is 4.37. The largest absolute Gasteiger partial charge is 0.329 e. The molecule has 1 aromatic heterocycles. The molecule has 17 heavy (non-hydrogen) atoms. The van der Waals surface area contributed by atoms with Crippen LogP contribution in [0.25, 0.3) is 0 Å². The summed E-state index contributed by atoms with van der Waals surface area (Å²) in [7, 11) is 0. The van der Waals surface area contributed by atoms with Crippen LogP contribution in [-0.4, -0.2) is 29.0 Å². The summed E-state index contributed by atoms with van der Waals surface area (Å²) in [5.74, 6) is 0.671. The minimum Gasteiger partial charge on any atom is -0.329 e. The molecule has 0 aromatic carbocycles. The molecule has 3 nitrogen and oxygen atoms in total. The van der Waals surface area contributed by atoms with E-state index in [1.54, 1.807) is 6.20 Å². The van der Waals surface area contributed by atoms with Gasteiger partial charge in [0.15, 0.2) is 0 Å². The lowest BCUT2D eigenvalue weighted by atomic mass is 9.90. The van der Waals surface area contributed by atoms with E-state index in [9.17, 15) is 0 Å². The number of nitrogens with zero attached hydrogens (tertiary/aromatic N) is 2. The van der Waals surface area contributed by atoms with Crippen molar-refractivity contribution in [2.75, 3.05) is 13.1 Å². The van der Waals surface area contributed by atoms with Gasteiger partial charge in [0.05, 0.1) is 0 Å². The first kappa shape index (κ1) is 12.8. The molecule has 1 aromatic rings. The molecular weight excluding hydrogens is 234 g/mol. The van der Waals surface area contributed by atoms with Gasteiger partial charge < -0.3 is 5.73 Å². The Bertz CT molecular complexity index is 369. The van der Waals surface area contributed by atoms with Crippen LogP contribution in [0.15, 0.2) is 18.3 Å². The molecule has 2 unspecified atom stereocenters. The SMILES string of the molecule is CC1CCCN(Cc2cccnc2Cl)C1CN. The maximum Gasteiger partial charge on any atom is 0.133 e. The molecule has 1 saturated heterocycles. The van der Waals surface area contributed by atoms with Gasteiger partial charge >= 0.3 is 0 Å². The van der Waals surface area contributed by atoms with Gasteiger partial charge in [0.1, 0.15) is 5.15 Å². The molecule has 94 valence electrons. The third-order valence-electron chi connectivity index (χ3n) is 3.68. The second kappa shape index (κ2) is 5.80. The first-order valence-corrected chi connectivity index (χ1v) is 6.63. The van der Waals surface area contributed by atoms with Gasteiger partial charge in [0, 0.05) is 30.9 Å². The average Bonchev–Trinajstić information content (AvgIpc) is 2.32. The van der Waals surface area contributed by atoms with E-state index >= 15 is 0 Å². The van der Waals surface area contributed by atoms with Crippen molar-refractivity contribution in [3.05, 3.63) is 29.0 Å². The summed E-state index contributed by atoms with van der Waals surface area (Å²) in [6.07, 6.45) is 4.25. The molecule has 2 atom stereocenters. The molecule has 0 aliphatic carbocycles. The fourth-order valence-electron chi connectivity index (χ4n) is 2.67. The van der Waals surface area contributed by atoms with Gasteiger partial charge in [-0.25, -0.2) is 4.98 Å². The van der Waals surface area contributed by atoms with Crippen LogP contribution in [-0.2, 0) is 6.54 Å². The van der Waals surface area contributed by atoms with Crippen molar-refractivity contribution in [3.63, 3.8) is 0 Å². The van der Waals surface area contributed by atoms with E-state index in [2.05, 4.69) is 16.8 Å². The van der Waals surface area contributed by atoms with Gasteiger partial charge in [-0.15, -0.1) is 0 Å². The average molecular weight is 254 g/mol. The van der Waals surface area contributed by atoms with Crippen molar-refractivity contribution in [1.29, 1.82) is 0 Å². The van der Waals surface area contributed by atoms with Gasteiger partial charge in [-0.1, -0.05) is 24.6 Å². The molecular formula is C13H20ClN3. The number of piperidine rings is 1. The lowest BCUT2D eigenvalue weighted by Crippen LogP contribution is -2.48. The number of pyridine rings is 1. The van der Waals surface area contributed by atoms with E-state index in [1.165, 1.54) is 12.8 Å². The van der Waals surface area contributed by atoms with Crippen molar-refractivity contribution < 1.29 is 0 Å². The summed E-state index contributed by atoms with van der Waals surface area (Å²) in [6, 6.07) is 4.45. The molecule has 1 fully saturated rings. The molecule has 4 heteroatoms. The number of aromatic nitrogens is 1. The van der Waals surface area contributed by atoms with E-state index in [-0.39, 0.29) is 0 Å². The maximum absolute atomic E-state index is 6.10. The number of likely N-dealkylation sites (tertiary alicyclic amines) is 1. The fraction of sp³-hybridized carbons (Fsp3) is 0.615. The molecule has 2 heterocycles. The van der Waals surface area contributed by atoms with Crippen LogP contribution < -0.4 is 5.73 Å². The van der Waals surface area contributed by atoms with Crippen molar-refractivity contribution in [3.8, 4) is 0 Å². The summed E-state index contributed by atoms with van der Waals surface area (Å²) in [4.78, 5) is 6.56. The van der Waals surface area contributed by atoms with E-state index < -0.39 is 0 Å². The summed E-state index contributed by atoms with van der Waals surface area (Å²) in [6.45, 7) is 4.98. The standard InChI is InChI=1S/C13H20ClN3/c1-10-4-3-7-17(12(10)8-15)9-11-5-2-6-16-13(11)14/h2,5-6,10,12H,3-4,7-9,15H2,1H3. The Balaban J connectivity index is 2.09. The smallest absolute Gasteiger partial charge is 0.133 e. The highest BCUT2D eigenvalue weighted by Gasteiger charge is 2.27. The highest BCUT2D eigenvalue weighted by molar-refractivity contribution is 6.30. The first-order chi connectivity index (χ1) is 8.22. The van der Waals surface area contributed by atoms with Crippen LogP contribution in [0.2, 0.25) is 5.15 Å². The molecule has 0 saturated carbocycles. The predicted octanol–water partition coefficient (Wildman–Crippen LogP) is 2.29. The van der Waals surface area contributed by atoms with E-state index in [0.717, 1.165) is 25.2 Å². The Morgan fingerprint density at radius 1 is 1.59 bits per heavy atom. The van der Waals surface area contributed by atoms with Crippen LogP contribution in [0.4, 0.5) is 0 Å². The fourth-order valence-corrected chi connectivity index (χ4v) is 2.85. The summed E-state index contributed by atoms with van der Waals surface area (Å²) < 4.78 is 0. The van der Waals surface area contributed by atoms with E-state index in [4.69, 9.17) is 17.3 Å². The highest BCUT2D eigenvalue weighted by Crippen LogP contribution is 2.25. The molecule has 1 aliphatic heterocycles. The highest BCUT2D eigenvalue weighted by atomic mass is 35.5. The Hall–Kier alpha value is -0.640. The third kappa shape index (κ3) is 2.97. The van der Waals surface area contributed by atoms with Crippen LogP contribution >= 0.6 is 11.6 Å². The zero-order valence-electron chi connectivity index (χ0n) is 10.3. The van der Waals surface area contributed by atoms with Crippen LogP contribution in [0.5, 0.6) is 0 Å². The Morgan fingerprint density at radius 3 is 3.12 bits per heavy atom. The number of halogens is 1. The topological polar surface area (TPSA) is 42.2 Å².